The van der Waals surface area contributed by atoms with Crippen molar-refractivity contribution in [2.75, 3.05) is 6.61 Å². The van der Waals surface area contributed by atoms with E-state index in [1.165, 1.54) is 5.56 Å². The molecule has 0 N–H and O–H groups in total. The summed E-state index contributed by atoms with van der Waals surface area (Å²) in [6.45, 7) is 2.35. The van der Waals surface area contributed by atoms with Crippen LogP contribution in [0, 0.1) is 6.92 Å². The van der Waals surface area contributed by atoms with E-state index in [1.54, 1.807) is 12.4 Å². The van der Waals surface area contributed by atoms with Crippen molar-refractivity contribution in [1.82, 2.24) is 4.98 Å². The summed E-state index contributed by atoms with van der Waals surface area (Å²) in [5.74, 6) is -0.254. The van der Waals surface area contributed by atoms with Gasteiger partial charge >= 0.3 is 5.97 Å². The van der Waals surface area contributed by atoms with Gasteiger partial charge in [0.2, 0.25) is 0 Å². The number of pyridine rings is 1. The lowest BCUT2D eigenvalue weighted by Gasteiger charge is -2.04. The smallest absolute Gasteiger partial charge is 0.339 e. The Morgan fingerprint density at radius 1 is 1.00 bits per heavy atom. The van der Waals surface area contributed by atoms with Crippen molar-refractivity contribution in [3.8, 4) is 0 Å². The highest BCUT2D eigenvalue weighted by Gasteiger charge is 2.26. The summed E-state index contributed by atoms with van der Waals surface area (Å²) >= 11 is 0. The molecule has 0 aliphatic carbocycles. The molecule has 0 saturated heterocycles. The predicted molar refractivity (Wildman–Crippen MR) is 73.2 cm³/mol. The highest BCUT2D eigenvalue weighted by molar-refractivity contribution is 6.27. The van der Waals surface area contributed by atoms with Crippen LogP contribution in [0.25, 0.3) is 11.1 Å². The van der Waals surface area contributed by atoms with Gasteiger partial charge in [-0.15, -0.1) is 0 Å². The molecule has 3 rings (SSSR count). The monoisotopic (exact) mass is 251 g/mol. The second-order valence-electron chi connectivity index (χ2n) is 4.53. The largest absolute Gasteiger partial charge is 0.457 e. The third kappa shape index (κ3) is 2.15. The van der Waals surface area contributed by atoms with Crippen LogP contribution in [-0.2, 0) is 9.53 Å². The number of aryl methyl sites for hydroxylation is 1. The average Bonchev–Trinajstić information content (AvgIpc) is 2.83. The van der Waals surface area contributed by atoms with E-state index in [-0.39, 0.29) is 5.97 Å². The summed E-state index contributed by atoms with van der Waals surface area (Å²) in [5, 5.41) is 0. The van der Waals surface area contributed by atoms with Crippen LogP contribution in [0.15, 0.2) is 48.8 Å². The molecule has 1 aromatic heterocycles. The van der Waals surface area contributed by atoms with E-state index in [4.69, 9.17) is 4.74 Å². The zero-order valence-electron chi connectivity index (χ0n) is 10.6. The van der Waals surface area contributed by atoms with Gasteiger partial charge in [-0.3, -0.25) is 4.98 Å². The second-order valence-corrected chi connectivity index (χ2v) is 4.53. The minimum atomic E-state index is -0.254. The molecular formula is C16H13NO2. The van der Waals surface area contributed by atoms with Crippen molar-refractivity contribution in [2.24, 2.45) is 0 Å². The van der Waals surface area contributed by atoms with Crippen molar-refractivity contribution in [3.05, 3.63) is 65.5 Å². The zero-order valence-corrected chi connectivity index (χ0v) is 10.6. The summed E-state index contributed by atoms with van der Waals surface area (Å²) in [5.41, 5.74) is 4.64. The number of rotatable bonds is 2. The molecule has 19 heavy (non-hydrogen) atoms. The summed E-state index contributed by atoms with van der Waals surface area (Å²) in [6, 6.07) is 11.7. The van der Waals surface area contributed by atoms with Gasteiger partial charge in [-0.1, -0.05) is 29.8 Å². The molecule has 0 spiro atoms. The molecule has 0 radical (unpaired) electrons. The molecule has 1 aliphatic rings. The van der Waals surface area contributed by atoms with Crippen LogP contribution >= 0.6 is 0 Å². The van der Waals surface area contributed by atoms with Crippen LogP contribution in [-0.4, -0.2) is 17.6 Å². The Bertz CT molecular complexity index is 642. The molecule has 0 atom stereocenters. The van der Waals surface area contributed by atoms with Crippen molar-refractivity contribution in [2.45, 2.75) is 6.92 Å². The first kappa shape index (κ1) is 11.7. The first-order chi connectivity index (χ1) is 9.25. The predicted octanol–water partition coefficient (Wildman–Crippen LogP) is 2.86. The minimum absolute atomic E-state index is 0.254. The first-order valence-corrected chi connectivity index (χ1v) is 6.13. The number of benzene rings is 1. The van der Waals surface area contributed by atoms with Gasteiger partial charge in [-0.2, -0.15) is 0 Å². The maximum Gasteiger partial charge on any atom is 0.339 e. The van der Waals surface area contributed by atoms with E-state index in [0.29, 0.717) is 12.2 Å². The van der Waals surface area contributed by atoms with Gasteiger partial charge in [0, 0.05) is 18.0 Å². The molecule has 1 aromatic carbocycles. The van der Waals surface area contributed by atoms with Crippen LogP contribution < -0.4 is 0 Å². The molecule has 3 heteroatoms. The number of hydrogen-bond acceptors (Lipinski definition) is 3. The van der Waals surface area contributed by atoms with Crippen molar-refractivity contribution in [3.63, 3.8) is 0 Å². The van der Waals surface area contributed by atoms with Crippen molar-refractivity contribution < 1.29 is 9.53 Å². The lowest BCUT2D eigenvalue weighted by molar-refractivity contribution is -0.133. The number of aromatic nitrogens is 1. The maximum absolute atomic E-state index is 11.9. The van der Waals surface area contributed by atoms with Crippen LogP contribution in [0.4, 0.5) is 0 Å². The minimum Gasteiger partial charge on any atom is -0.457 e. The molecule has 0 unspecified atom stereocenters. The van der Waals surface area contributed by atoms with Crippen LogP contribution in [0.5, 0.6) is 0 Å². The number of carbonyl (C=O) groups excluding carboxylic acids is 1. The van der Waals surface area contributed by atoms with Gasteiger partial charge in [-0.05, 0) is 30.2 Å². The number of carbonyl (C=O) groups is 1. The quantitative estimate of drug-likeness (QED) is 0.770. The van der Waals surface area contributed by atoms with Gasteiger partial charge in [0.1, 0.15) is 6.61 Å². The molecule has 94 valence electrons. The topological polar surface area (TPSA) is 39.2 Å². The van der Waals surface area contributed by atoms with Gasteiger partial charge in [0.25, 0.3) is 0 Å². The Kier molecular flexibility index (Phi) is 2.88. The fraction of sp³-hybridized carbons (Fsp3) is 0.125. The fourth-order valence-electron chi connectivity index (χ4n) is 2.20. The normalized spacial score (nSPS) is 14.7. The molecule has 2 heterocycles. The number of nitrogens with zero attached hydrogens (tertiary/aromatic N) is 1. The Balaban J connectivity index is 2.14. The Labute approximate surface area is 111 Å². The summed E-state index contributed by atoms with van der Waals surface area (Å²) in [4.78, 5) is 15.9. The summed E-state index contributed by atoms with van der Waals surface area (Å²) < 4.78 is 5.18. The van der Waals surface area contributed by atoms with Gasteiger partial charge in [0.05, 0.1) is 5.57 Å². The number of cyclic esters (lactones) is 1. The SMILES string of the molecule is Cc1ccc(C2=C(c3ccncc3)COC2=O)cc1. The fourth-order valence-corrected chi connectivity index (χ4v) is 2.20. The van der Waals surface area contributed by atoms with Crippen LogP contribution in [0.1, 0.15) is 16.7 Å². The third-order valence-corrected chi connectivity index (χ3v) is 3.22. The zero-order chi connectivity index (χ0) is 13.2. The third-order valence-electron chi connectivity index (χ3n) is 3.22. The van der Waals surface area contributed by atoms with E-state index in [1.807, 2.05) is 43.3 Å². The van der Waals surface area contributed by atoms with Gasteiger partial charge in [0.15, 0.2) is 0 Å². The summed E-state index contributed by atoms with van der Waals surface area (Å²) in [6.07, 6.45) is 3.44. The standard InChI is InChI=1S/C16H13NO2/c1-11-2-4-13(5-3-11)15-14(10-19-16(15)18)12-6-8-17-9-7-12/h2-9H,10H2,1H3. The summed E-state index contributed by atoms with van der Waals surface area (Å²) in [7, 11) is 0. The Morgan fingerprint density at radius 2 is 1.68 bits per heavy atom. The maximum atomic E-state index is 11.9. The van der Waals surface area contributed by atoms with E-state index < -0.39 is 0 Å². The number of hydrogen-bond donors (Lipinski definition) is 0. The molecule has 0 amide bonds. The van der Waals surface area contributed by atoms with E-state index in [0.717, 1.165) is 16.7 Å². The van der Waals surface area contributed by atoms with Crippen LogP contribution in [0.2, 0.25) is 0 Å². The Hall–Kier alpha value is -2.42. The number of ether oxygens (including phenoxy) is 1. The van der Waals surface area contributed by atoms with Gasteiger partial charge in [-0.25, -0.2) is 4.79 Å². The molecular weight excluding hydrogens is 238 g/mol. The van der Waals surface area contributed by atoms with E-state index in [9.17, 15) is 4.79 Å². The highest BCUT2D eigenvalue weighted by atomic mass is 16.5. The van der Waals surface area contributed by atoms with E-state index >= 15 is 0 Å². The lowest BCUT2D eigenvalue weighted by Crippen LogP contribution is -1.98. The molecule has 0 saturated carbocycles. The van der Waals surface area contributed by atoms with Crippen LogP contribution in [0.3, 0.4) is 0 Å². The molecule has 0 bridgehead atoms. The van der Waals surface area contributed by atoms with Gasteiger partial charge < -0.3 is 4.74 Å². The van der Waals surface area contributed by atoms with E-state index in [2.05, 4.69) is 4.98 Å². The average molecular weight is 251 g/mol. The first-order valence-electron chi connectivity index (χ1n) is 6.13. The highest BCUT2D eigenvalue weighted by Crippen LogP contribution is 2.32. The molecule has 3 nitrogen and oxygen atoms in total. The van der Waals surface area contributed by atoms with Crippen molar-refractivity contribution >= 4 is 17.1 Å². The molecule has 2 aromatic rings. The number of esters is 1. The second kappa shape index (κ2) is 4.69. The lowest BCUT2D eigenvalue weighted by atomic mass is 9.97. The molecule has 0 fully saturated rings. The van der Waals surface area contributed by atoms with Crippen molar-refractivity contribution in [1.29, 1.82) is 0 Å². The Morgan fingerprint density at radius 3 is 2.37 bits per heavy atom. The molecule has 1 aliphatic heterocycles.